The van der Waals surface area contributed by atoms with E-state index in [0.717, 1.165) is 43.6 Å². The van der Waals surface area contributed by atoms with E-state index >= 15 is 0 Å². The minimum atomic E-state index is 0.658. The molecule has 1 N–H and O–H groups in total. The quantitative estimate of drug-likeness (QED) is 0.772. The van der Waals surface area contributed by atoms with Crippen molar-refractivity contribution in [2.75, 3.05) is 31.5 Å². The molecule has 0 unspecified atom stereocenters. The summed E-state index contributed by atoms with van der Waals surface area (Å²) in [7, 11) is 0. The van der Waals surface area contributed by atoms with Crippen molar-refractivity contribution in [1.29, 1.82) is 0 Å². The van der Waals surface area contributed by atoms with Crippen LogP contribution in [0.4, 0.5) is 5.95 Å². The number of pyridine rings is 1. The van der Waals surface area contributed by atoms with Crippen molar-refractivity contribution >= 4 is 17.0 Å². The fourth-order valence-electron chi connectivity index (χ4n) is 1.99. The number of nitrogens with one attached hydrogen (secondary N) is 1. The molecule has 0 aliphatic carbocycles. The van der Waals surface area contributed by atoms with E-state index in [4.69, 9.17) is 0 Å². The van der Waals surface area contributed by atoms with Crippen molar-refractivity contribution in [3.8, 4) is 0 Å². The molecule has 0 aliphatic heterocycles. The number of hydrogen-bond acceptors (Lipinski definition) is 5. The van der Waals surface area contributed by atoms with E-state index in [-0.39, 0.29) is 0 Å². The molecular weight excluding hydrogens is 238 g/mol. The number of hydrogen-bond donors (Lipinski definition) is 1. The third-order valence-corrected chi connectivity index (χ3v) is 3.18. The highest BCUT2D eigenvalue weighted by Gasteiger charge is 2.01. The molecule has 0 fully saturated rings. The first-order chi connectivity index (χ1) is 9.33. The number of nitrogens with zero attached hydrogens (tertiary/aromatic N) is 4. The Kier molecular flexibility index (Phi) is 5.03. The monoisotopic (exact) mass is 259 g/mol. The number of aromatic nitrogens is 3. The van der Waals surface area contributed by atoms with E-state index in [0.29, 0.717) is 5.95 Å². The topological polar surface area (TPSA) is 53.9 Å². The second-order valence-corrected chi connectivity index (χ2v) is 4.42. The van der Waals surface area contributed by atoms with Gasteiger partial charge in [0.1, 0.15) is 0 Å². The predicted molar refractivity (Wildman–Crippen MR) is 78.2 cm³/mol. The molecule has 19 heavy (non-hydrogen) atoms. The Hall–Kier alpha value is -1.75. The summed E-state index contributed by atoms with van der Waals surface area (Å²) < 4.78 is 0. The molecule has 102 valence electrons. The van der Waals surface area contributed by atoms with Crippen LogP contribution in [-0.4, -0.2) is 46.0 Å². The highest BCUT2D eigenvalue weighted by Crippen LogP contribution is 2.08. The van der Waals surface area contributed by atoms with E-state index in [1.807, 2.05) is 18.3 Å². The standard InChI is InChI=1S/C14H21N5/c1-3-19(4-2)10-6-9-16-14-17-11-12-7-5-8-15-13(12)18-14/h5,7-8,11H,3-4,6,9-10H2,1-2H3,(H,15,16,17,18). The lowest BCUT2D eigenvalue weighted by atomic mass is 10.3. The maximum Gasteiger partial charge on any atom is 0.224 e. The zero-order valence-electron chi connectivity index (χ0n) is 11.6. The van der Waals surface area contributed by atoms with Gasteiger partial charge >= 0.3 is 0 Å². The number of fused-ring (bicyclic) bond motifs is 1. The molecule has 0 amide bonds. The van der Waals surface area contributed by atoms with Crippen LogP contribution in [0.5, 0.6) is 0 Å². The second-order valence-electron chi connectivity index (χ2n) is 4.42. The third kappa shape index (κ3) is 3.86. The number of anilines is 1. The van der Waals surface area contributed by atoms with Gasteiger partial charge in [-0.1, -0.05) is 13.8 Å². The van der Waals surface area contributed by atoms with Gasteiger partial charge in [-0.15, -0.1) is 0 Å². The first kappa shape index (κ1) is 13.7. The molecule has 2 aromatic rings. The van der Waals surface area contributed by atoms with Crippen molar-refractivity contribution in [1.82, 2.24) is 19.9 Å². The lowest BCUT2D eigenvalue weighted by molar-refractivity contribution is 0.303. The van der Waals surface area contributed by atoms with Crippen molar-refractivity contribution < 1.29 is 0 Å². The lowest BCUT2D eigenvalue weighted by Crippen LogP contribution is -2.25. The van der Waals surface area contributed by atoms with Crippen LogP contribution >= 0.6 is 0 Å². The van der Waals surface area contributed by atoms with E-state index in [1.54, 1.807) is 6.20 Å². The molecule has 0 aliphatic rings. The first-order valence-electron chi connectivity index (χ1n) is 6.87. The fourth-order valence-corrected chi connectivity index (χ4v) is 1.99. The molecule has 0 radical (unpaired) electrons. The Morgan fingerprint density at radius 3 is 2.84 bits per heavy atom. The Morgan fingerprint density at radius 2 is 2.05 bits per heavy atom. The molecule has 2 rings (SSSR count). The Morgan fingerprint density at radius 1 is 1.21 bits per heavy atom. The summed E-state index contributed by atoms with van der Waals surface area (Å²) in [5.74, 6) is 0.658. The van der Waals surface area contributed by atoms with Crippen LogP contribution < -0.4 is 5.32 Å². The molecule has 0 spiro atoms. The Labute approximate surface area is 114 Å². The molecule has 0 atom stereocenters. The predicted octanol–water partition coefficient (Wildman–Crippen LogP) is 2.17. The summed E-state index contributed by atoms with van der Waals surface area (Å²) in [6.07, 6.45) is 4.65. The minimum absolute atomic E-state index is 0.658. The summed E-state index contributed by atoms with van der Waals surface area (Å²) in [6.45, 7) is 8.57. The zero-order chi connectivity index (χ0) is 13.5. The largest absolute Gasteiger partial charge is 0.354 e. The van der Waals surface area contributed by atoms with Crippen molar-refractivity contribution in [2.45, 2.75) is 20.3 Å². The SMILES string of the molecule is CCN(CC)CCCNc1ncc2cccnc2n1. The average molecular weight is 259 g/mol. The normalized spacial score (nSPS) is 11.1. The van der Waals surface area contributed by atoms with Gasteiger partial charge in [0.15, 0.2) is 5.65 Å². The Balaban J connectivity index is 1.84. The van der Waals surface area contributed by atoms with Crippen LogP contribution in [0.3, 0.4) is 0 Å². The maximum absolute atomic E-state index is 4.39. The first-order valence-corrected chi connectivity index (χ1v) is 6.87. The fraction of sp³-hybridized carbons (Fsp3) is 0.500. The van der Waals surface area contributed by atoms with Gasteiger partial charge in [-0.05, 0) is 38.2 Å². The molecule has 5 nitrogen and oxygen atoms in total. The maximum atomic E-state index is 4.39. The van der Waals surface area contributed by atoms with Gasteiger partial charge in [0, 0.05) is 24.3 Å². The van der Waals surface area contributed by atoms with Gasteiger partial charge in [-0.25, -0.2) is 9.97 Å². The summed E-state index contributed by atoms with van der Waals surface area (Å²) >= 11 is 0. The van der Waals surface area contributed by atoms with E-state index in [9.17, 15) is 0 Å². The van der Waals surface area contributed by atoms with Gasteiger partial charge in [-0.2, -0.15) is 4.98 Å². The van der Waals surface area contributed by atoms with Crippen molar-refractivity contribution in [3.63, 3.8) is 0 Å². The molecule has 0 saturated heterocycles. The number of rotatable bonds is 7. The van der Waals surface area contributed by atoms with Crippen LogP contribution in [0.2, 0.25) is 0 Å². The summed E-state index contributed by atoms with van der Waals surface area (Å²) in [5, 5.41) is 4.22. The van der Waals surface area contributed by atoms with Crippen LogP contribution in [0, 0.1) is 0 Å². The summed E-state index contributed by atoms with van der Waals surface area (Å²) in [5.41, 5.74) is 0.740. The second kappa shape index (κ2) is 6.99. The molecule has 0 aromatic carbocycles. The van der Waals surface area contributed by atoms with Gasteiger partial charge in [0.25, 0.3) is 0 Å². The van der Waals surface area contributed by atoms with Crippen molar-refractivity contribution in [3.05, 3.63) is 24.5 Å². The molecular formula is C14H21N5. The van der Waals surface area contributed by atoms with Crippen LogP contribution in [0.15, 0.2) is 24.5 Å². The summed E-state index contributed by atoms with van der Waals surface area (Å²) in [6, 6.07) is 3.86. The summed E-state index contributed by atoms with van der Waals surface area (Å²) in [4.78, 5) is 15.3. The molecule has 0 bridgehead atoms. The smallest absolute Gasteiger partial charge is 0.224 e. The zero-order valence-corrected chi connectivity index (χ0v) is 11.6. The van der Waals surface area contributed by atoms with Crippen LogP contribution in [0.25, 0.3) is 11.0 Å². The highest BCUT2D eigenvalue weighted by atomic mass is 15.1. The molecule has 5 heteroatoms. The van der Waals surface area contributed by atoms with E-state index < -0.39 is 0 Å². The average Bonchev–Trinajstić information content (AvgIpc) is 2.47. The van der Waals surface area contributed by atoms with Gasteiger partial charge in [0.05, 0.1) is 0 Å². The van der Waals surface area contributed by atoms with Gasteiger partial charge in [0.2, 0.25) is 5.95 Å². The third-order valence-electron chi connectivity index (χ3n) is 3.18. The molecule has 0 saturated carbocycles. The Bertz CT molecular complexity index is 510. The van der Waals surface area contributed by atoms with Gasteiger partial charge < -0.3 is 10.2 Å². The van der Waals surface area contributed by atoms with Crippen molar-refractivity contribution in [2.24, 2.45) is 0 Å². The molecule has 2 heterocycles. The van der Waals surface area contributed by atoms with E-state index in [2.05, 4.69) is 39.0 Å². The highest BCUT2D eigenvalue weighted by molar-refractivity contribution is 5.74. The lowest BCUT2D eigenvalue weighted by Gasteiger charge is -2.17. The van der Waals surface area contributed by atoms with Crippen LogP contribution in [0.1, 0.15) is 20.3 Å². The van der Waals surface area contributed by atoms with E-state index in [1.165, 1.54) is 0 Å². The minimum Gasteiger partial charge on any atom is -0.354 e. The van der Waals surface area contributed by atoms with Gasteiger partial charge in [-0.3, -0.25) is 0 Å². The van der Waals surface area contributed by atoms with Crippen LogP contribution in [-0.2, 0) is 0 Å². The molecule has 2 aromatic heterocycles.